The second-order valence-electron chi connectivity index (χ2n) is 5.99. The molecule has 1 aromatic rings. The first-order valence-electron chi connectivity index (χ1n) is 8.28. The van der Waals surface area contributed by atoms with Crippen LogP contribution in [0.5, 0.6) is 0 Å². The van der Waals surface area contributed by atoms with Crippen molar-refractivity contribution < 1.29 is 38.5 Å². The number of hydrogen-bond acceptors (Lipinski definition) is 11. The third-order valence-electron chi connectivity index (χ3n) is 4.21. The number of nitrogens with zero attached hydrogens (tertiary/aromatic N) is 2. The molecule has 0 saturated carbocycles. The maximum Gasteiger partial charge on any atom is 0.509 e. The van der Waals surface area contributed by atoms with Gasteiger partial charge in [0, 0.05) is 6.20 Å². The molecule has 27 heavy (non-hydrogen) atoms. The van der Waals surface area contributed by atoms with E-state index in [1.165, 1.54) is 12.3 Å². The van der Waals surface area contributed by atoms with Gasteiger partial charge in [-0.3, -0.25) is 15.3 Å². The van der Waals surface area contributed by atoms with Crippen molar-refractivity contribution in [2.75, 3.05) is 12.1 Å². The maximum absolute atomic E-state index is 12.1. The number of rotatable bonds is 6. The minimum Gasteiger partial charge on any atom is -0.431 e. The Morgan fingerprint density at radius 3 is 2.81 bits per heavy atom. The van der Waals surface area contributed by atoms with Gasteiger partial charge in [0.1, 0.15) is 18.8 Å². The first kappa shape index (κ1) is 18.9. The van der Waals surface area contributed by atoms with E-state index >= 15 is 0 Å². The molecule has 12 nitrogen and oxygen atoms in total. The third kappa shape index (κ3) is 3.95. The van der Waals surface area contributed by atoms with Crippen LogP contribution in [0.25, 0.3) is 0 Å². The van der Waals surface area contributed by atoms with Gasteiger partial charge >= 0.3 is 18.0 Å². The lowest BCUT2D eigenvalue weighted by Gasteiger charge is -2.18. The Kier molecular flexibility index (Phi) is 5.46. The van der Waals surface area contributed by atoms with E-state index in [4.69, 9.17) is 28.9 Å². The van der Waals surface area contributed by atoms with E-state index in [-0.39, 0.29) is 18.5 Å². The number of hydrogen-bond donors (Lipinski definition) is 2. The number of ether oxygens (including phenoxy) is 5. The zero-order chi connectivity index (χ0) is 19.6. The Balaban J connectivity index is 1.72. The Morgan fingerprint density at radius 1 is 1.41 bits per heavy atom. The van der Waals surface area contributed by atoms with E-state index in [1.54, 1.807) is 12.4 Å². The molecule has 2 saturated heterocycles. The van der Waals surface area contributed by atoms with E-state index in [0.29, 0.717) is 6.42 Å². The van der Waals surface area contributed by atoms with Crippen molar-refractivity contribution in [3.05, 3.63) is 22.7 Å². The monoisotopic (exact) mass is 385 g/mol. The molecule has 2 N–H and O–H groups in total. The molecule has 0 aliphatic carbocycles. The molecule has 3 heterocycles. The van der Waals surface area contributed by atoms with E-state index in [0.717, 1.165) is 4.57 Å². The number of anilines is 1. The Morgan fingerprint density at radius 2 is 2.15 bits per heavy atom. The molecule has 0 aromatic carbocycles. The number of aromatic nitrogens is 2. The summed E-state index contributed by atoms with van der Waals surface area (Å²) in [5, 5.41) is 8.81. The van der Waals surface area contributed by atoms with Crippen LogP contribution in [-0.4, -0.2) is 58.1 Å². The largest absolute Gasteiger partial charge is 0.509 e. The molecular formula is C15H19N3O9. The van der Waals surface area contributed by atoms with E-state index in [1.807, 2.05) is 6.92 Å². The highest BCUT2D eigenvalue weighted by Gasteiger charge is 2.55. The van der Waals surface area contributed by atoms with Gasteiger partial charge in [-0.1, -0.05) is 6.92 Å². The van der Waals surface area contributed by atoms with Gasteiger partial charge in [0.05, 0.1) is 0 Å². The average Bonchev–Trinajstić information content (AvgIpc) is 3.17. The Labute approximate surface area is 152 Å². The molecule has 2 aliphatic rings. The lowest BCUT2D eigenvalue weighted by molar-refractivity contribution is -0.0822. The molecule has 0 radical (unpaired) electrons. The quantitative estimate of drug-likeness (QED) is 0.529. The molecule has 148 valence electrons. The van der Waals surface area contributed by atoms with Crippen LogP contribution in [-0.2, 0) is 23.7 Å². The number of nitrogens with one attached hydrogen (secondary N) is 1. The van der Waals surface area contributed by atoms with Crippen LogP contribution >= 0.6 is 0 Å². The molecule has 12 heteroatoms. The van der Waals surface area contributed by atoms with Crippen molar-refractivity contribution in [2.45, 2.75) is 50.9 Å². The number of fused-ring (bicyclic) bond motifs is 1. The van der Waals surface area contributed by atoms with Crippen molar-refractivity contribution in [1.82, 2.24) is 9.55 Å². The van der Waals surface area contributed by atoms with Crippen molar-refractivity contribution in [1.29, 1.82) is 0 Å². The first-order valence-corrected chi connectivity index (χ1v) is 8.28. The van der Waals surface area contributed by atoms with Crippen molar-refractivity contribution >= 4 is 18.1 Å². The highest BCUT2D eigenvalue weighted by atomic mass is 16.8. The summed E-state index contributed by atoms with van der Waals surface area (Å²) in [4.78, 5) is 38.9. The maximum atomic E-state index is 12.1. The summed E-state index contributed by atoms with van der Waals surface area (Å²) in [6.45, 7) is 3.31. The summed E-state index contributed by atoms with van der Waals surface area (Å²) in [5.41, 5.74) is 1.00. The van der Waals surface area contributed by atoms with Crippen LogP contribution in [0, 0.1) is 0 Å². The second kappa shape index (κ2) is 7.80. The van der Waals surface area contributed by atoms with E-state index in [9.17, 15) is 14.4 Å². The normalized spacial score (nSPS) is 27.3. The van der Waals surface area contributed by atoms with Gasteiger partial charge in [-0.2, -0.15) is 4.98 Å². The molecule has 0 amide bonds. The molecule has 1 aromatic heterocycles. The molecule has 2 aliphatic heterocycles. The fourth-order valence-electron chi connectivity index (χ4n) is 2.68. The van der Waals surface area contributed by atoms with Gasteiger partial charge in [0.2, 0.25) is 0 Å². The van der Waals surface area contributed by atoms with Gasteiger partial charge in [-0.15, -0.1) is 0 Å². The first-order chi connectivity index (χ1) is 12.9. The fraction of sp³-hybridized carbons (Fsp3) is 0.600. The average molecular weight is 385 g/mol. The fourth-order valence-corrected chi connectivity index (χ4v) is 2.68. The molecule has 2 fully saturated rings. The van der Waals surface area contributed by atoms with Crippen LogP contribution in [0.4, 0.5) is 15.4 Å². The third-order valence-corrected chi connectivity index (χ3v) is 4.21. The van der Waals surface area contributed by atoms with Crippen LogP contribution in [0.1, 0.15) is 26.5 Å². The lowest BCUT2D eigenvalue weighted by atomic mass is 10.1. The topological polar surface area (TPSA) is 147 Å². The van der Waals surface area contributed by atoms with Gasteiger partial charge < -0.3 is 23.7 Å². The molecule has 0 bridgehead atoms. The smallest absolute Gasteiger partial charge is 0.431 e. The zero-order valence-electron chi connectivity index (χ0n) is 14.6. The van der Waals surface area contributed by atoms with Gasteiger partial charge in [0.15, 0.2) is 24.3 Å². The van der Waals surface area contributed by atoms with E-state index in [2.05, 4.69) is 4.98 Å². The zero-order valence-corrected chi connectivity index (χ0v) is 14.6. The summed E-state index contributed by atoms with van der Waals surface area (Å²) >= 11 is 0. The van der Waals surface area contributed by atoms with Crippen LogP contribution in [0.3, 0.4) is 0 Å². The summed E-state index contributed by atoms with van der Waals surface area (Å²) < 4.78 is 26.9. The summed E-state index contributed by atoms with van der Waals surface area (Å²) in [6, 6.07) is 1.32. The lowest BCUT2D eigenvalue weighted by Crippen LogP contribution is -2.34. The SMILES string of the molecule is CC[C@@H](C)OC(=O)OCC1O[C@@H](n2ccc(NO)nc2=O)[C@@H]2OC(=O)O[C@H]12. The highest BCUT2D eigenvalue weighted by Crippen LogP contribution is 2.37. The number of carbonyl (C=O) groups is 2. The Bertz CT molecular complexity index is 767. The number of carbonyl (C=O) groups excluding carboxylic acids is 2. The summed E-state index contributed by atoms with van der Waals surface area (Å²) in [7, 11) is 0. The van der Waals surface area contributed by atoms with Crippen molar-refractivity contribution in [3.63, 3.8) is 0 Å². The van der Waals surface area contributed by atoms with Crippen LogP contribution in [0.15, 0.2) is 17.1 Å². The van der Waals surface area contributed by atoms with Gasteiger partial charge in [0.25, 0.3) is 0 Å². The van der Waals surface area contributed by atoms with Crippen molar-refractivity contribution in [3.8, 4) is 0 Å². The highest BCUT2D eigenvalue weighted by molar-refractivity contribution is 5.63. The molecular weight excluding hydrogens is 366 g/mol. The molecule has 3 rings (SSSR count). The van der Waals surface area contributed by atoms with Gasteiger partial charge in [-0.05, 0) is 19.4 Å². The predicted molar refractivity (Wildman–Crippen MR) is 85.1 cm³/mol. The molecule has 5 atom stereocenters. The minimum absolute atomic E-state index is 0.0573. The molecule has 0 spiro atoms. The van der Waals surface area contributed by atoms with Crippen LogP contribution < -0.4 is 11.2 Å². The molecule has 1 unspecified atom stereocenters. The minimum atomic E-state index is -1.03. The standard InChI is InChI=1S/C15H19N3O9/c1-3-7(2)24-14(20)23-6-8-10-11(27-15(21)26-10)12(25-8)18-5-4-9(17-22)16-13(18)19/h4-5,7-8,10-12,22H,3,6H2,1-2H3,(H,16,17,19)/t7-,8?,10-,11-,12-/m1/s1. The Hall–Kier alpha value is -2.86. The summed E-state index contributed by atoms with van der Waals surface area (Å²) in [6.07, 6.45) is -3.87. The summed E-state index contributed by atoms with van der Waals surface area (Å²) in [5.74, 6) is -0.0573. The van der Waals surface area contributed by atoms with Crippen LogP contribution in [0.2, 0.25) is 0 Å². The second-order valence-corrected chi connectivity index (χ2v) is 5.99. The van der Waals surface area contributed by atoms with E-state index < -0.39 is 42.5 Å². The van der Waals surface area contributed by atoms with Crippen molar-refractivity contribution in [2.24, 2.45) is 0 Å². The van der Waals surface area contributed by atoms with Gasteiger partial charge in [-0.25, -0.2) is 14.4 Å². The predicted octanol–water partition coefficient (Wildman–Crippen LogP) is 0.797.